The van der Waals surface area contributed by atoms with Crippen LogP contribution in [0.3, 0.4) is 0 Å². The number of fused-ring (bicyclic) bond motifs is 3. The fourth-order valence-electron chi connectivity index (χ4n) is 4.54. The van der Waals surface area contributed by atoms with Crippen molar-refractivity contribution in [2.75, 3.05) is 21.3 Å². The van der Waals surface area contributed by atoms with Gasteiger partial charge in [0.15, 0.2) is 11.5 Å². The average molecular weight is 447 g/mol. The van der Waals surface area contributed by atoms with E-state index in [1.807, 2.05) is 54.4 Å². The summed E-state index contributed by atoms with van der Waals surface area (Å²) in [5.74, 6) is 2.64. The van der Waals surface area contributed by atoms with E-state index in [1.54, 1.807) is 27.4 Å². The Labute approximate surface area is 192 Å². The Morgan fingerprint density at radius 3 is 2.39 bits per heavy atom. The number of aryl methyl sites for hydroxylation is 1. The van der Waals surface area contributed by atoms with Crippen LogP contribution in [0, 0.1) is 6.92 Å². The molecule has 7 heteroatoms. The van der Waals surface area contributed by atoms with Crippen LogP contribution >= 0.6 is 0 Å². The van der Waals surface area contributed by atoms with Crippen LogP contribution in [0.1, 0.15) is 40.9 Å². The lowest BCUT2D eigenvalue weighted by Crippen LogP contribution is -2.33. The molecule has 1 N–H and O–H groups in total. The second kappa shape index (κ2) is 8.24. The van der Waals surface area contributed by atoms with E-state index >= 15 is 0 Å². The Morgan fingerprint density at radius 1 is 0.970 bits per heavy atom. The highest BCUT2D eigenvalue weighted by Crippen LogP contribution is 2.50. The van der Waals surface area contributed by atoms with Crippen molar-refractivity contribution in [3.8, 4) is 28.7 Å². The Bertz CT molecular complexity index is 1210. The van der Waals surface area contributed by atoms with E-state index < -0.39 is 6.23 Å². The van der Waals surface area contributed by atoms with Crippen LogP contribution in [-0.2, 0) is 0 Å². The minimum absolute atomic E-state index is 0.0334. The minimum atomic E-state index is -0.511. The molecule has 2 aliphatic rings. The zero-order valence-corrected chi connectivity index (χ0v) is 19.0. The van der Waals surface area contributed by atoms with Gasteiger partial charge in [0.05, 0.1) is 33.1 Å². The van der Waals surface area contributed by atoms with E-state index in [-0.39, 0.29) is 11.8 Å². The van der Waals surface area contributed by atoms with Gasteiger partial charge >= 0.3 is 0 Å². The molecule has 0 unspecified atom stereocenters. The summed E-state index contributed by atoms with van der Waals surface area (Å²) in [6.45, 7) is 2.00. The predicted molar refractivity (Wildman–Crippen MR) is 124 cm³/mol. The summed E-state index contributed by atoms with van der Waals surface area (Å²) in [6.07, 6.45) is 0.140. The number of phenols is 1. The SMILES string of the molecule is COc1cc([C@@H]2Oc3ccccc3[C@@H]3CC(c4cc(C)ccc4O)=NN32)cc(OC)c1OC. The third-order valence-corrected chi connectivity index (χ3v) is 6.13. The first-order valence-electron chi connectivity index (χ1n) is 10.7. The summed E-state index contributed by atoms with van der Waals surface area (Å²) in [7, 11) is 4.76. The number of hydrogen-bond donors (Lipinski definition) is 1. The first-order valence-corrected chi connectivity index (χ1v) is 10.7. The highest BCUT2D eigenvalue weighted by atomic mass is 16.5. The molecule has 0 radical (unpaired) electrons. The fourth-order valence-corrected chi connectivity index (χ4v) is 4.54. The van der Waals surface area contributed by atoms with Gasteiger partial charge in [-0.1, -0.05) is 29.8 Å². The zero-order valence-electron chi connectivity index (χ0n) is 19.0. The van der Waals surface area contributed by atoms with Crippen molar-refractivity contribution in [2.24, 2.45) is 5.10 Å². The average Bonchev–Trinajstić information content (AvgIpc) is 3.29. The van der Waals surface area contributed by atoms with Gasteiger partial charge in [-0.25, -0.2) is 5.01 Å². The molecule has 3 aromatic carbocycles. The highest BCUT2D eigenvalue weighted by Gasteiger charge is 2.41. The number of hydrazone groups is 1. The van der Waals surface area contributed by atoms with Gasteiger partial charge in [0.1, 0.15) is 11.5 Å². The topological polar surface area (TPSA) is 72.8 Å². The number of rotatable bonds is 5. The quantitative estimate of drug-likeness (QED) is 0.597. The molecule has 0 spiro atoms. The number of hydrogen-bond acceptors (Lipinski definition) is 7. The third-order valence-electron chi connectivity index (χ3n) is 6.13. The molecule has 3 aromatic rings. The number of benzene rings is 3. The monoisotopic (exact) mass is 446 g/mol. The molecule has 7 nitrogen and oxygen atoms in total. The second-order valence-corrected chi connectivity index (χ2v) is 8.13. The lowest BCUT2D eigenvalue weighted by atomic mass is 9.95. The molecule has 170 valence electrons. The molecule has 0 saturated carbocycles. The fraction of sp³-hybridized carbons (Fsp3) is 0.269. The summed E-state index contributed by atoms with van der Waals surface area (Å²) in [4.78, 5) is 0. The van der Waals surface area contributed by atoms with Gasteiger partial charge < -0.3 is 24.1 Å². The summed E-state index contributed by atoms with van der Waals surface area (Å²) < 4.78 is 23.1. The maximum Gasteiger partial charge on any atom is 0.214 e. The van der Waals surface area contributed by atoms with E-state index in [4.69, 9.17) is 24.0 Å². The van der Waals surface area contributed by atoms with Crippen molar-refractivity contribution in [1.29, 1.82) is 0 Å². The Kier molecular flexibility index (Phi) is 5.24. The van der Waals surface area contributed by atoms with Crippen LogP contribution in [0.25, 0.3) is 0 Å². The predicted octanol–water partition coefficient (Wildman–Crippen LogP) is 4.97. The Hall–Kier alpha value is -3.87. The molecule has 2 atom stereocenters. The van der Waals surface area contributed by atoms with Gasteiger partial charge in [-0.05, 0) is 37.3 Å². The smallest absolute Gasteiger partial charge is 0.214 e. The summed E-state index contributed by atoms with van der Waals surface area (Å²) in [5.41, 5.74) is 4.51. The number of ether oxygens (including phenoxy) is 4. The molecule has 0 aromatic heterocycles. The molecular formula is C26H26N2O5. The van der Waals surface area contributed by atoms with Gasteiger partial charge in [0.25, 0.3) is 0 Å². The Morgan fingerprint density at radius 2 is 1.70 bits per heavy atom. The van der Waals surface area contributed by atoms with Crippen molar-refractivity contribution in [3.05, 3.63) is 76.9 Å². The van der Waals surface area contributed by atoms with Crippen molar-refractivity contribution < 1.29 is 24.1 Å². The van der Waals surface area contributed by atoms with Gasteiger partial charge in [-0.2, -0.15) is 5.10 Å². The van der Waals surface area contributed by atoms with E-state index in [9.17, 15) is 5.11 Å². The number of aromatic hydroxyl groups is 1. The van der Waals surface area contributed by atoms with E-state index in [2.05, 4.69) is 6.07 Å². The Balaban J connectivity index is 1.64. The lowest BCUT2D eigenvalue weighted by Gasteiger charge is -2.38. The molecule has 0 fully saturated rings. The molecule has 0 aliphatic carbocycles. The largest absolute Gasteiger partial charge is 0.507 e. The summed E-state index contributed by atoms with van der Waals surface area (Å²) >= 11 is 0. The van der Waals surface area contributed by atoms with Gasteiger partial charge in [0.2, 0.25) is 12.0 Å². The number of methoxy groups -OCH3 is 3. The number of para-hydroxylation sites is 1. The number of phenolic OH excluding ortho intramolecular Hbond substituents is 1. The molecule has 33 heavy (non-hydrogen) atoms. The van der Waals surface area contributed by atoms with Gasteiger partial charge in [-0.3, -0.25) is 0 Å². The summed E-state index contributed by atoms with van der Waals surface area (Å²) in [5, 5.41) is 17.4. The summed E-state index contributed by atoms with van der Waals surface area (Å²) in [6, 6.07) is 17.3. The first kappa shape index (κ1) is 21.0. The lowest BCUT2D eigenvalue weighted by molar-refractivity contribution is -0.0192. The van der Waals surface area contributed by atoms with Gasteiger partial charge in [-0.15, -0.1) is 0 Å². The normalized spacial score (nSPS) is 18.7. The zero-order chi connectivity index (χ0) is 23.1. The molecular weight excluding hydrogens is 420 g/mol. The van der Waals surface area contributed by atoms with Crippen molar-refractivity contribution in [2.45, 2.75) is 25.6 Å². The van der Waals surface area contributed by atoms with Crippen LogP contribution in [0.5, 0.6) is 28.7 Å². The van der Waals surface area contributed by atoms with E-state index in [0.29, 0.717) is 23.7 Å². The van der Waals surface area contributed by atoms with Crippen molar-refractivity contribution in [3.63, 3.8) is 0 Å². The van der Waals surface area contributed by atoms with Crippen LogP contribution < -0.4 is 18.9 Å². The van der Waals surface area contributed by atoms with Crippen LogP contribution in [0.15, 0.2) is 59.7 Å². The second-order valence-electron chi connectivity index (χ2n) is 8.13. The van der Waals surface area contributed by atoms with Crippen LogP contribution in [-0.4, -0.2) is 37.2 Å². The van der Waals surface area contributed by atoms with Crippen LogP contribution in [0.2, 0.25) is 0 Å². The maximum atomic E-state index is 10.5. The molecule has 5 rings (SSSR count). The molecule has 0 saturated heterocycles. The van der Waals surface area contributed by atoms with Crippen molar-refractivity contribution in [1.82, 2.24) is 5.01 Å². The van der Waals surface area contributed by atoms with E-state index in [0.717, 1.165) is 33.7 Å². The molecule has 2 aliphatic heterocycles. The first-order chi connectivity index (χ1) is 16.0. The standard InChI is InChI=1S/C26H26N2O5/c1-15-9-10-21(29)18(11-15)19-14-20-17-7-5-6-8-22(17)33-26(28(20)27-19)16-12-23(30-2)25(32-4)24(13-16)31-3/h5-13,20,26,29H,14H2,1-4H3/t20-,26-/m0/s1. The molecule has 2 heterocycles. The van der Waals surface area contributed by atoms with E-state index in [1.165, 1.54) is 0 Å². The third kappa shape index (κ3) is 3.50. The molecule has 0 amide bonds. The maximum absolute atomic E-state index is 10.5. The minimum Gasteiger partial charge on any atom is -0.507 e. The number of nitrogens with zero attached hydrogens (tertiary/aromatic N) is 2. The van der Waals surface area contributed by atoms with Crippen molar-refractivity contribution >= 4 is 5.71 Å². The highest BCUT2D eigenvalue weighted by molar-refractivity contribution is 6.04. The molecule has 0 bridgehead atoms. The van der Waals surface area contributed by atoms with Crippen LogP contribution in [0.4, 0.5) is 0 Å². The van der Waals surface area contributed by atoms with Gasteiger partial charge in [0, 0.05) is 23.1 Å².